The molecule has 0 amide bonds. The number of hydrogen-bond acceptors (Lipinski definition) is 2. The van der Waals surface area contributed by atoms with Crippen molar-refractivity contribution in [2.24, 2.45) is 5.92 Å². The molecule has 0 radical (unpaired) electrons. The number of thioether (sulfide) groups is 1. The molecule has 1 aliphatic heterocycles. The smallest absolute Gasteiger partial charge is 0.0103 e. The lowest BCUT2D eigenvalue weighted by atomic mass is 10.1. The minimum atomic E-state index is 0.884. The molecule has 1 nitrogen and oxygen atoms in total. The summed E-state index contributed by atoms with van der Waals surface area (Å²) in [7, 11) is 0. The molecule has 2 rings (SSSR count). The van der Waals surface area contributed by atoms with Crippen molar-refractivity contribution in [3.63, 3.8) is 0 Å². The van der Waals surface area contributed by atoms with Gasteiger partial charge in [0.1, 0.15) is 0 Å². The van der Waals surface area contributed by atoms with Crippen LogP contribution in [0.4, 0.5) is 0 Å². The minimum Gasteiger partial charge on any atom is -0.313 e. The van der Waals surface area contributed by atoms with Crippen LogP contribution in [0.5, 0.6) is 0 Å². The molecule has 2 unspecified atom stereocenters. The van der Waals surface area contributed by atoms with Gasteiger partial charge in [-0.25, -0.2) is 0 Å². The Bertz CT molecular complexity index is 104. The van der Waals surface area contributed by atoms with E-state index in [0.717, 1.165) is 12.0 Å². The fourth-order valence-electron chi connectivity index (χ4n) is 2.06. The first-order valence-corrected chi connectivity index (χ1v) is 5.43. The minimum absolute atomic E-state index is 0.884. The quantitative estimate of drug-likeness (QED) is 0.572. The Hall–Kier alpha value is 0.310. The molecule has 0 bridgehead atoms. The van der Waals surface area contributed by atoms with Crippen molar-refractivity contribution in [3.8, 4) is 0 Å². The summed E-state index contributed by atoms with van der Waals surface area (Å²) in [6.07, 6.45) is 4.37. The van der Waals surface area contributed by atoms with E-state index in [2.05, 4.69) is 17.1 Å². The molecule has 1 N–H and O–H groups in total. The second kappa shape index (κ2) is 3.14. The molecule has 0 aromatic heterocycles. The first kappa shape index (κ1) is 6.99. The molecular weight excluding hydrogens is 142 g/mol. The summed E-state index contributed by atoms with van der Waals surface area (Å²) in [6.45, 7) is 1.24. The van der Waals surface area contributed by atoms with Gasteiger partial charge in [0.25, 0.3) is 0 Å². The Morgan fingerprint density at radius 2 is 2.30 bits per heavy atom. The van der Waals surface area contributed by atoms with E-state index in [1.165, 1.54) is 37.3 Å². The zero-order valence-corrected chi connectivity index (χ0v) is 7.12. The molecule has 0 aromatic rings. The predicted molar refractivity (Wildman–Crippen MR) is 46.5 cm³/mol. The molecule has 1 aliphatic carbocycles. The molecule has 10 heavy (non-hydrogen) atoms. The van der Waals surface area contributed by atoms with Crippen molar-refractivity contribution in [2.45, 2.75) is 25.3 Å². The lowest BCUT2D eigenvalue weighted by molar-refractivity contribution is 0.452. The molecule has 2 aliphatic rings. The Kier molecular flexibility index (Phi) is 2.19. The van der Waals surface area contributed by atoms with Gasteiger partial charge in [0, 0.05) is 18.3 Å². The van der Waals surface area contributed by atoms with E-state index < -0.39 is 0 Å². The highest BCUT2D eigenvalue weighted by atomic mass is 32.2. The SMILES string of the molecule is C1CC2CSCCNC2C1. The van der Waals surface area contributed by atoms with Gasteiger partial charge in [-0.05, 0) is 24.5 Å². The van der Waals surface area contributed by atoms with Crippen molar-refractivity contribution in [1.29, 1.82) is 0 Å². The summed E-state index contributed by atoms with van der Waals surface area (Å²) in [5.41, 5.74) is 0. The maximum absolute atomic E-state index is 3.62. The average Bonchev–Trinajstić information content (AvgIpc) is 2.28. The summed E-state index contributed by atoms with van der Waals surface area (Å²) in [4.78, 5) is 0. The zero-order chi connectivity index (χ0) is 6.81. The van der Waals surface area contributed by atoms with Crippen molar-refractivity contribution in [2.75, 3.05) is 18.1 Å². The summed E-state index contributed by atoms with van der Waals surface area (Å²) in [6, 6.07) is 0.884. The summed E-state index contributed by atoms with van der Waals surface area (Å²) >= 11 is 2.13. The van der Waals surface area contributed by atoms with E-state index in [-0.39, 0.29) is 0 Å². The van der Waals surface area contributed by atoms with Crippen molar-refractivity contribution in [1.82, 2.24) is 5.32 Å². The highest BCUT2D eigenvalue weighted by Crippen LogP contribution is 2.30. The van der Waals surface area contributed by atoms with E-state index in [1.54, 1.807) is 0 Å². The summed E-state index contributed by atoms with van der Waals surface area (Å²) in [5.74, 6) is 3.75. The molecule has 2 heteroatoms. The lowest BCUT2D eigenvalue weighted by Gasteiger charge is -2.15. The van der Waals surface area contributed by atoms with Gasteiger partial charge >= 0.3 is 0 Å². The molecule has 1 saturated heterocycles. The van der Waals surface area contributed by atoms with Crippen LogP contribution < -0.4 is 5.32 Å². The van der Waals surface area contributed by atoms with Crippen molar-refractivity contribution < 1.29 is 0 Å². The Morgan fingerprint density at radius 1 is 1.30 bits per heavy atom. The number of rotatable bonds is 0. The van der Waals surface area contributed by atoms with Gasteiger partial charge < -0.3 is 5.32 Å². The first-order valence-electron chi connectivity index (χ1n) is 4.28. The fourth-order valence-corrected chi connectivity index (χ4v) is 3.19. The summed E-state index contributed by atoms with van der Waals surface area (Å²) < 4.78 is 0. The van der Waals surface area contributed by atoms with Crippen LogP contribution in [-0.2, 0) is 0 Å². The van der Waals surface area contributed by atoms with Crippen LogP contribution in [0.3, 0.4) is 0 Å². The second-order valence-electron chi connectivity index (χ2n) is 3.33. The Morgan fingerprint density at radius 3 is 3.30 bits per heavy atom. The van der Waals surface area contributed by atoms with Crippen LogP contribution >= 0.6 is 11.8 Å². The van der Waals surface area contributed by atoms with Crippen LogP contribution in [0.1, 0.15) is 19.3 Å². The highest BCUT2D eigenvalue weighted by molar-refractivity contribution is 7.99. The molecule has 1 saturated carbocycles. The van der Waals surface area contributed by atoms with Crippen molar-refractivity contribution in [3.05, 3.63) is 0 Å². The normalized spacial score (nSPS) is 40.8. The van der Waals surface area contributed by atoms with Gasteiger partial charge in [-0.2, -0.15) is 11.8 Å². The monoisotopic (exact) mass is 157 g/mol. The lowest BCUT2D eigenvalue weighted by Crippen LogP contribution is -2.32. The molecule has 2 fully saturated rings. The number of hydrogen-bond donors (Lipinski definition) is 1. The van der Waals surface area contributed by atoms with Crippen LogP contribution in [0, 0.1) is 5.92 Å². The topological polar surface area (TPSA) is 12.0 Å². The van der Waals surface area contributed by atoms with Gasteiger partial charge in [0.2, 0.25) is 0 Å². The third kappa shape index (κ3) is 1.32. The van der Waals surface area contributed by atoms with Gasteiger partial charge in [0.05, 0.1) is 0 Å². The van der Waals surface area contributed by atoms with E-state index in [1.807, 2.05) is 0 Å². The third-order valence-corrected chi connectivity index (χ3v) is 3.80. The van der Waals surface area contributed by atoms with Crippen LogP contribution in [-0.4, -0.2) is 24.1 Å². The van der Waals surface area contributed by atoms with Crippen molar-refractivity contribution >= 4 is 11.8 Å². The van der Waals surface area contributed by atoms with E-state index in [4.69, 9.17) is 0 Å². The standard InChI is InChI=1S/C8H15NS/c1-2-7-6-10-5-4-9-8(7)3-1/h7-9H,1-6H2. The molecular formula is C8H15NS. The van der Waals surface area contributed by atoms with Gasteiger partial charge in [-0.15, -0.1) is 0 Å². The largest absolute Gasteiger partial charge is 0.313 e. The predicted octanol–water partition coefficient (Wildman–Crippen LogP) is 1.49. The fraction of sp³-hybridized carbons (Fsp3) is 1.00. The van der Waals surface area contributed by atoms with Crippen LogP contribution in [0.25, 0.3) is 0 Å². The Labute approximate surface area is 67.0 Å². The van der Waals surface area contributed by atoms with Crippen LogP contribution in [0.2, 0.25) is 0 Å². The number of fused-ring (bicyclic) bond motifs is 1. The number of nitrogens with one attached hydrogen (secondary N) is 1. The molecule has 0 aromatic carbocycles. The van der Waals surface area contributed by atoms with Crippen LogP contribution in [0.15, 0.2) is 0 Å². The molecule has 0 spiro atoms. The third-order valence-electron chi connectivity index (χ3n) is 2.64. The second-order valence-corrected chi connectivity index (χ2v) is 4.48. The molecule has 58 valence electrons. The Balaban J connectivity index is 1.95. The zero-order valence-electron chi connectivity index (χ0n) is 6.31. The molecule has 1 heterocycles. The van der Waals surface area contributed by atoms with E-state index in [0.29, 0.717) is 0 Å². The maximum Gasteiger partial charge on any atom is 0.0103 e. The highest BCUT2D eigenvalue weighted by Gasteiger charge is 2.27. The van der Waals surface area contributed by atoms with Gasteiger partial charge in [0.15, 0.2) is 0 Å². The van der Waals surface area contributed by atoms with E-state index >= 15 is 0 Å². The van der Waals surface area contributed by atoms with Gasteiger partial charge in [-0.1, -0.05) is 6.42 Å². The van der Waals surface area contributed by atoms with E-state index in [9.17, 15) is 0 Å². The van der Waals surface area contributed by atoms with Gasteiger partial charge in [-0.3, -0.25) is 0 Å². The summed E-state index contributed by atoms with van der Waals surface area (Å²) in [5, 5.41) is 3.62. The molecule has 2 atom stereocenters. The average molecular weight is 157 g/mol. The first-order chi connectivity index (χ1) is 4.97. The maximum atomic E-state index is 3.62.